The van der Waals surface area contributed by atoms with Crippen LogP contribution in [0.25, 0.3) is 0 Å². The number of hydrogen-bond acceptors (Lipinski definition) is 2. The van der Waals surface area contributed by atoms with Gasteiger partial charge < -0.3 is 11.6 Å². The van der Waals surface area contributed by atoms with Crippen LogP contribution in [0.3, 0.4) is 0 Å². The maximum Gasteiger partial charge on any atom is 1.00 e. The van der Waals surface area contributed by atoms with Crippen LogP contribution in [-0.4, -0.2) is 16.2 Å². The van der Waals surface area contributed by atoms with Gasteiger partial charge in [-0.2, -0.15) is 0 Å². The topological polar surface area (TPSA) is 57.5 Å². The summed E-state index contributed by atoms with van der Waals surface area (Å²) in [5.41, 5.74) is -0.0671. The van der Waals surface area contributed by atoms with Crippen LogP contribution in [-0.2, 0) is 16.8 Å². The second kappa shape index (κ2) is 6.51. The molecule has 0 fully saturated rings. The predicted octanol–water partition coefficient (Wildman–Crippen LogP) is -1.80. The molecule has 0 saturated carbocycles. The number of hydrogen-bond donors (Lipinski definition) is 2. The van der Waals surface area contributed by atoms with Crippen LogP contribution in [0.1, 0.15) is 11.8 Å². The van der Waals surface area contributed by atoms with Crippen molar-refractivity contribution < 1.29 is 62.8 Å². The molecule has 0 unspecified atom stereocenters. The summed E-state index contributed by atoms with van der Waals surface area (Å²) in [7, 11) is 0. The Morgan fingerprint density at radius 3 is 2.17 bits per heavy atom. The molecule has 3 nitrogen and oxygen atoms in total. The molecule has 0 spiro atoms. The Hall–Kier alpha value is -0.00351. The molecule has 0 heterocycles. The van der Waals surface area contributed by atoms with E-state index in [0.717, 1.165) is 0 Å². The third kappa shape index (κ3) is 3.60. The van der Waals surface area contributed by atoms with Gasteiger partial charge in [0.15, 0.2) is 0 Å². The van der Waals surface area contributed by atoms with E-state index in [1.807, 2.05) is 0 Å². The first-order valence-electron chi connectivity index (χ1n) is 2.73. The summed E-state index contributed by atoms with van der Waals surface area (Å²) < 4.78 is 0. The monoisotopic (exact) mass is 221 g/mol. The molecule has 0 bridgehead atoms. The summed E-state index contributed by atoms with van der Waals surface area (Å²) in [4.78, 5) is 10.3. The number of carboxylic acid groups (broad SMARTS) is 1. The number of benzene rings is 1. The van der Waals surface area contributed by atoms with Crippen molar-refractivity contribution in [3.8, 4) is 5.75 Å². The fourth-order valence-electron chi connectivity index (χ4n) is 0.654. The van der Waals surface area contributed by atoms with Crippen LogP contribution in [0.4, 0.5) is 0 Å². The zero-order valence-electron chi connectivity index (χ0n) is 7.45. The Labute approximate surface area is 104 Å². The number of aromatic hydroxyl groups is 1. The SMILES string of the molecule is O=C(O)c1ccccc1O.[Co].[H-].[Na+]. The molecule has 2 N–H and O–H groups in total. The summed E-state index contributed by atoms with van der Waals surface area (Å²) in [6, 6.07) is 5.81. The maximum atomic E-state index is 10.3. The fourth-order valence-corrected chi connectivity index (χ4v) is 0.654. The molecule has 1 radical (unpaired) electrons. The quantitative estimate of drug-likeness (QED) is 0.550. The Kier molecular flexibility index (Phi) is 7.87. The summed E-state index contributed by atoms with van der Waals surface area (Å²) in [6.07, 6.45) is 0. The average Bonchev–Trinajstić information content (AvgIpc) is 1.88. The van der Waals surface area contributed by atoms with Crippen molar-refractivity contribution in [3.63, 3.8) is 0 Å². The molecule has 5 heteroatoms. The van der Waals surface area contributed by atoms with Gasteiger partial charge in [-0.05, 0) is 12.1 Å². The largest absolute Gasteiger partial charge is 1.00 e. The van der Waals surface area contributed by atoms with Crippen molar-refractivity contribution in [2.45, 2.75) is 0 Å². The molecule has 1 aromatic carbocycles. The van der Waals surface area contributed by atoms with Crippen molar-refractivity contribution in [1.29, 1.82) is 0 Å². The Balaban J connectivity index is -0.000000333. The van der Waals surface area contributed by atoms with Gasteiger partial charge >= 0.3 is 35.5 Å². The van der Waals surface area contributed by atoms with Crippen molar-refractivity contribution in [2.24, 2.45) is 0 Å². The third-order valence-electron chi connectivity index (χ3n) is 1.13. The van der Waals surface area contributed by atoms with Crippen molar-refractivity contribution in [2.75, 3.05) is 0 Å². The second-order valence-electron chi connectivity index (χ2n) is 1.82. The number of para-hydroxylation sites is 1. The van der Waals surface area contributed by atoms with Gasteiger partial charge in [0, 0.05) is 16.8 Å². The Bertz CT molecular complexity index is 270. The zero-order chi connectivity index (χ0) is 7.56. The van der Waals surface area contributed by atoms with Crippen molar-refractivity contribution in [3.05, 3.63) is 29.8 Å². The van der Waals surface area contributed by atoms with E-state index in [2.05, 4.69) is 0 Å². The van der Waals surface area contributed by atoms with Gasteiger partial charge in [-0.15, -0.1) is 0 Å². The molecule has 0 aliphatic carbocycles. The van der Waals surface area contributed by atoms with Crippen LogP contribution in [0.15, 0.2) is 24.3 Å². The van der Waals surface area contributed by atoms with E-state index in [0.29, 0.717) is 0 Å². The Morgan fingerprint density at radius 2 is 1.83 bits per heavy atom. The molecule has 1 aromatic rings. The first-order valence-corrected chi connectivity index (χ1v) is 2.73. The zero-order valence-corrected chi connectivity index (χ0v) is 9.49. The van der Waals surface area contributed by atoms with Crippen LogP contribution in [0.2, 0.25) is 0 Å². The summed E-state index contributed by atoms with van der Waals surface area (Å²) >= 11 is 0. The second-order valence-corrected chi connectivity index (χ2v) is 1.82. The molecular weight excluding hydrogens is 214 g/mol. The fraction of sp³-hybridized carbons (Fsp3) is 0. The minimum absolute atomic E-state index is 0. The van der Waals surface area contributed by atoms with Crippen LogP contribution >= 0.6 is 0 Å². The van der Waals surface area contributed by atoms with E-state index in [1.165, 1.54) is 12.1 Å². The molecule has 0 amide bonds. The average molecular weight is 221 g/mol. The molecular formula is C7H7CoNaO3. The summed E-state index contributed by atoms with van der Waals surface area (Å²) in [5, 5.41) is 17.3. The Morgan fingerprint density at radius 1 is 1.33 bits per heavy atom. The molecule has 0 aliphatic heterocycles. The van der Waals surface area contributed by atoms with Gasteiger partial charge in [0.1, 0.15) is 11.3 Å². The molecule has 0 saturated heterocycles. The summed E-state index contributed by atoms with van der Waals surface area (Å²) in [6.45, 7) is 0. The molecule has 0 atom stereocenters. The molecule has 0 aliphatic rings. The third-order valence-corrected chi connectivity index (χ3v) is 1.13. The van der Waals surface area contributed by atoms with E-state index in [4.69, 9.17) is 10.2 Å². The summed E-state index contributed by atoms with van der Waals surface area (Å²) in [5.74, 6) is -1.31. The van der Waals surface area contributed by atoms with Gasteiger partial charge in [-0.3, -0.25) is 0 Å². The number of aromatic carboxylic acids is 1. The van der Waals surface area contributed by atoms with Crippen LogP contribution < -0.4 is 29.6 Å². The van der Waals surface area contributed by atoms with E-state index in [9.17, 15) is 4.79 Å². The van der Waals surface area contributed by atoms with Crippen molar-refractivity contribution in [1.82, 2.24) is 0 Å². The number of carboxylic acids is 1. The number of carbonyl (C=O) groups is 1. The van der Waals surface area contributed by atoms with Gasteiger partial charge in [0.05, 0.1) is 0 Å². The van der Waals surface area contributed by atoms with E-state index in [-0.39, 0.29) is 59.1 Å². The van der Waals surface area contributed by atoms with Crippen LogP contribution in [0.5, 0.6) is 5.75 Å². The van der Waals surface area contributed by atoms with E-state index in [1.54, 1.807) is 12.1 Å². The first kappa shape index (κ1) is 14.5. The number of rotatable bonds is 1. The smallest absolute Gasteiger partial charge is 1.00 e. The molecule has 1 rings (SSSR count). The van der Waals surface area contributed by atoms with Crippen LogP contribution in [0, 0.1) is 0 Å². The predicted molar refractivity (Wildman–Crippen MR) is 36.2 cm³/mol. The van der Waals surface area contributed by atoms with Crippen molar-refractivity contribution >= 4 is 5.97 Å². The first-order chi connectivity index (χ1) is 4.72. The van der Waals surface area contributed by atoms with Gasteiger partial charge in [0.25, 0.3) is 0 Å². The minimum atomic E-state index is -1.11. The normalized spacial score (nSPS) is 7.67. The molecule has 63 valence electrons. The standard InChI is InChI=1S/C7H6O3.Co.Na.H/c8-6-4-2-1-3-5(6)7(9)10;;;/h1-4,8H,(H,9,10);;;/q;;+1;-1. The maximum absolute atomic E-state index is 10.3. The molecule has 12 heavy (non-hydrogen) atoms. The number of phenols is 1. The minimum Gasteiger partial charge on any atom is -1.00 e. The van der Waals surface area contributed by atoms with E-state index >= 15 is 0 Å². The van der Waals surface area contributed by atoms with Gasteiger partial charge in [-0.1, -0.05) is 12.1 Å². The molecule has 0 aromatic heterocycles. The van der Waals surface area contributed by atoms with Gasteiger partial charge in [0.2, 0.25) is 0 Å². The van der Waals surface area contributed by atoms with E-state index < -0.39 is 5.97 Å². The van der Waals surface area contributed by atoms with Gasteiger partial charge in [-0.25, -0.2) is 4.79 Å².